The Morgan fingerprint density at radius 2 is 1.62 bits per heavy atom. The van der Waals surface area contributed by atoms with E-state index >= 15 is 0 Å². The first-order valence-corrected chi connectivity index (χ1v) is 7.69. The number of hydrogen-bond donors (Lipinski definition) is 1. The van der Waals surface area contributed by atoms with Crippen LogP contribution in [0.1, 0.15) is 17.2 Å². The first-order chi connectivity index (χ1) is 11.5. The summed E-state index contributed by atoms with van der Waals surface area (Å²) in [6, 6.07) is 16.0. The Kier molecular flexibility index (Phi) is 5.18. The van der Waals surface area contributed by atoms with Crippen molar-refractivity contribution >= 4 is 0 Å². The summed E-state index contributed by atoms with van der Waals surface area (Å²) in [5.74, 6) is 0. The molecule has 0 aliphatic carbocycles. The summed E-state index contributed by atoms with van der Waals surface area (Å²) >= 11 is 0. The summed E-state index contributed by atoms with van der Waals surface area (Å²) < 4.78 is 50.2. The third-order valence-corrected chi connectivity index (χ3v) is 3.89. The molecule has 1 heterocycles. The topological polar surface area (TPSA) is 30.5 Å². The quantitative estimate of drug-likeness (QED) is 0.920. The highest BCUT2D eigenvalue weighted by Crippen LogP contribution is 2.31. The largest absolute Gasteiger partial charge is 0.406 e. The molecule has 1 aliphatic rings. The fraction of sp³-hybridized carbons (Fsp3) is 0.333. The van der Waals surface area contributed by atoms with Gasteiger partial charge in [-0.15, -0.1) is 0 Å². The van der Waals surface area contributed by atoms with Crippen LogP contribution < -0.4 is 5.32 Å². The first-order valence-electron chi connectivity index (χ1n) is 7.69. The van der Waals surface area contributed by atoms with Crippen LogP contribution >= 0.6 is 0 Å². The minimum absolute atomic E-state index is 0.271. The lowest BCUT2D eigenvalue weighted by Gasteiger charge is -2.38. The number of morpholine rings is 1. The van der Waals surface area contributed by atoms with Crippen LogP contribution in [0.4, 0.5) is 13.2 Å². The van der Waals surface area contributed by atoms with Crippen LogP contribution in [0.25, 0.3) is 0 Å². The molecule has 3 rings (SSSR count). The van der Waals surface area contributed by atoms with Crippen molar-refractivity contribution in [3.8, 4) is 0 Å². The summed E-state index contributed by atoms with van der Waals surface area (Å²) in [4.78, 5) is 0. The second-order valence-electron chi connectivity index (χ2n) is 5.65. The van der Waals surface area contributed by atoms with Crippen LogP contribution in [0.3, 0.4) is 0 Å². The van der Waals surface area contributed by atoms with Crippen LogP contribution in [0, 0.1) is 0 Å². The molecule has 0 saturated carbocycles. The number of hydrogen-bond acceptors (Lipinski definition) is 3. The van der Waals surface area contributed by atoms with Crippen molar-refractivity contribution in [3.63, 3.8) is 0 Å². The van der Waals surface area contributed by atoms with E-state index in [1.165, 1.54) is 0 Å². The second kappa shape index (κ2) is 7.34. The molecular formula is C18H18F3NO2. The molecule has 1 saturated heterocycles. The van der Waals surface area contributed by atoms with Crippen molar-refractivity contribution in [3.05, 3.63) is 71.8 Å². The van der Waals surface area contributed by atoms with E-state index in [4.69, 9.17) is 9.47 Å². The van der Waals surface area contributed by atoms with Crippen LogP contribution in [-0.2, 0) is 16.1 Å². The molecule has 0 aromatic heterocycles. The Balaban J connectivity index is 1.74. The van der Waals surface area contributed by atoms with E-state index in [9.17, 15) is 13.2 Å². The van der Waals surface area contributed by atoms with Gasteiger partial charge in [-0.3, -0.25) is 5.32 Å². The zero-order valence-electron chi connectivity index (χ0n) is 12.9. The molecule has 0 radical (unpaired) electrons. The molecule has 0 spiro atoms. The van der Waals surface area contributed by atoms with Gasteiger partial charge in [-0.05, 0) is 11.1 Å². The predicted octanol–water partition coefficient (Wildman–Crippen LogP) is 3.82. The lowest BCUT2D eigenvalue weighted by molar-refractivity contribution is -0.241. The van der Waals surface area contributed by atoms with Gasteiger partial charge in [0.1, 0.15) is 6.04 Å². The number of alkyl halides is 3. The fourth-order valence-corrected chi connectivity index (χ4v) is 2.63. The number of ether oxygens (including phenoxy) is 2. The standard InChI is InChI=1S/C18H18F3NO2/c19-18(20,21)15-12-24-17(23-11-13-7-3-1-4-8-13)16(22-15)14-9-5-2-6-10-14/h1-10,15-17,22H,11-12H2. The Morgan fingerprint density at radius 3 is 2.25 bits per heavy atom. The van der Waals surface area contributed by atoms with Crippen LogP contribution in [0.5, 0.6) is 0 Å². The zero-order valence-corrected chi connectivity index (χ0v) is 12.9. The molecule has 1 N–H and O–H groups in total. The van der Waals surface area contributed by atoms with Gasteiger partial charge >= 0.3 is 6.18 Å². The average Bonchev–Trinajstić information content (AvgIpc) is 2.61. The van der Waals surface area contributed by atoms with Gasteiger partial charge in [0.05, 0.1) is 19.3 Å². The minimum atomic E-state index is -4.36. The highest BCUT2D eigenvalue weighted by atomic mass is 19.4. The molecule has 128 valence electrons. The van der Waals surface area contributed by atoms with E-state index in [2.05, 4.69) is 5.32 Å². The molecule has 2 aromatic rings. The van der Waals surface area contributed by atoms with E-state index < -0.39 is 31.2 Å². The molecular weight excluding hydrogens is 319 g/mol. The third-order valence-electron chi connectivity index (χ3n) is 3.89. The van der Waals surface area contributed by atoms with Gasteiger partial charge < -0.3 is 9.47 Å². The van der Waals surface area contributed by atoms with E-state index in [1.54, 1.807) is 24.3 Å². The van der Waals surface area contributed by atoms with E-state index in [-0.39, 0.29) is 6.61 Å². The summed E-state index contributed by atoms with van der Waals surface area (Å²) in [5, 5.41) is 2.62. The van der Waals surface area contributed by atoms with E-state index in [0.717, 1.165) is 5.56 Å². The van der Waals surface area contributed by atoms with E-state index in [0.29, 0.717) is 5.56 Å². The van der Waals surface area contributed by atoms with Gasteiger partial charge in [0.2, 0.25) is 0 Å². The molecule has 1 fully saturated rings. The molecule has 3 unspecified atom stereocenters. The van der Waals surface area contributed by atoms with Gasteiger partial charge in [-0.1, -0.05) is 60.7 Å². The average molecular weight is 337 g/mol. The molecule has 3 atom stereocenters. The smallest absolute Gasteiger partial charge is 0.349 e. The monoisotopic (exact) mass is 337 g/mol. The summed E-state index contributed by atoms with van der Waals surface area (Å²) in [6.07, 6.45) is -5.15. The summed E-state index contributed by atoms with van der Waals surface area (Å²) in [6.45, 7) is -0.195. The van der Waals surface area contributed by atoms with Gasteiger partial charge in [-0.25, -0.2) is 0 Å². The number of rotatable bonds is 4. The minimum Gasteiger partial charge on any atom is -0.349 e. The molecule has 0 amide bonds. The van der Waals surface area contributed by atoms with Crippen molar-refractivity contribution < 1.29 is 22.6 Å². The molecule has 3 nitrogen and oxygen atoms in total. The number of benzene rings is 2. The summed E-state index contributed by atoms with van der Waals surface area (Å²) in [5.41, 5.74) is 1.63. The lowest BCUT2D eigenvalue weighted by atomic mass is 10.0. The fourth-order valence-electron chi connectivity index (χ4n) is 2.63. The predicted molar refractivity (Wildman–Crippen MR) is 83.1 cm³/mol. The highest BCUT2D eigenvalue weighted by molar-refractivity contribution is 5.21. The lowest BCUT2D eigenvalue weighted by Crippen LogP contribution is -2.55. The van der Waals surface area contributed by atoms with Gasteiger partial charge in [-0.2, -0.15) is 13.2 Å². The first kappa shape index (κ1) is 17.0. The Hall–Kier alpha value is -1.89. The van der Waals surface area contributed by atoms with Gasteiger partial charge in [0.15, 0.2) is 6.29 Å². The normalized spacial score (nSPS) is 24.7. The van der Waals surface area contributed by atoms with Crippen LogP contribution in [-0.4, -0.2) is 25.1 Å². The Morgan fingerprint density at radius 1 is 1.00 bits per heavy atom. The maximum absolute atomic E-state index is 13.0. The Bertz CT molecular complexity index is 634. The van der Waals surface area contributed by atoms with Crippen molar-refractivity contribution in [1.29, 1.82) is 0 Å². The summed E-state index contributed by atoms with van der Waals surface area (Å²) in [7, 11) is 0. The maximum Gasteiger partial charge on any atom is 0.406 e. The SMILES string of the molecule is FC(F)(F)C1COC(OCc2ccccc2)C(c2ccccc2)N1. The van der Waals surface area contributed by atoms with Crippen molar-refractivity contribution in [1.82, 2.24) is 5.32 Å². The number of halogens is 3. The van der Waals surface area contributed by atoms with Crippen molar-refractivity contribution in [2.75, 3.05) is 6.61 Å². The van der Waals surface area contributed by atoms with E-state index in [1.807, 2.05) is 36.4 Å². The highest BCUT2D eigenvalue weighted by Gasteiger charge is 2.46. The molecule has 1 aliphatic heterocycles. The van der Waals surface area contributed by atoms with Crippen LogP contribution in [0.15, 0.2) is 60.7 Å². The van der Waals surface area contributed by atoms with Gasteiger partial charge in [0, 0.05) is 0 Å². The molecule has 24 heavy (non-hydrogen) atoms. The van der Waals surface area contributed by atoms with Crippen molar-refractivity contribution in [2.45, 2.75) is 31.2 Å². The molecule has 2 aromatic carbocycles. The second-order valence-corrected chi connectivity index (χ2v) is 5.65. The molecule has 0 bridgehead atoms. The van der Waals surface area contributed by atoms with Crippen molar-refractivity contribution in [2.24, 2.45) is 0 Å². The van der Waals surface area contributed by atoms with Gasteiger partial charge in [0.25, 0.3) is 0 Å². The maximum atomic E-state index is 13.0. The van der Waals surface area contributed by atoms with Crippen LogP contribution in [0.2, 0.25) is 0 Å². The molecule has 6 heteroatoms. The Labute approximate surface area is 138 Å². The number of nitrogens with one attached hydrogen (secondary N) is 1. The third kappa shape index (κ3) is 4.14. The zero-order chi connectivity index (χ0) is 17.0.